The van der Waals surface area contributed by atoms with Crippen LogP contribution in [-0.4, -0.2) is 71.6 Å². The zero-order valence-electron chi connectivity index (χ0n) is 20.9. The van der Waals surface area contributed by atoms with Crippen molar-refractivity contribution in [3.8, 4) is 5.75 Å². The number of hydrogen-bond donors (Lipinski definition) is 1. The molecule has 3 heterocycles. The van der Waals surface area contributed by atoms with E-state index in [1.54, 1.807) is 48.1 Å². The van der Waals surface area contributed by atoms with E-state index in [0.29, 0.717) is 30.9 Å². The Labute approximate surface area is 211 Å². The van der Waals surface area contributed by atoms with E-state index in [1.807, 2.05) is 12.1 Å². The lowest BCUT2D eigenvalue weighted by atomic mass is 9.85. The molecule has 9 heteroatoms. The van der Waals surface area contributed by atoms with Gasteiger partial charge in [-0.05, 0) is 62.4 Å². The summed E-state index contributed by atoms with van der Waals surface area (Å²) in [6.45, 7) is 2.42. The molecule has 0 bridgehead atoms. The fraction of sp³-hybridized carbons (Fsp3) is 0.519. The molecule has 194 valence electrons. The van der Waals surface area contributed by atoms with Crippen LogP contribution in [0.5, 0.6) is 5.75 Å². The van der Waals surface area contributed by atoms with Gasteiger partial charge in [-0.2, -0.15) is 0 Å². The standard InChI is InChI=1S/C27H34N2O7/c1-3-35-25(32)21-18-27(12-4-5-13-28(14-15-30)26(27)33)29(24(21)22-7-6-16-36-22)23(31)17-19-8-10-20(34-2)11-9-19/h6-11,16,21,24,30H,3-5,12-15,17-18H2,1-2H3/t21-,24+,27-/m0/s1. The van der Waals surface area contributed by atoms with Gasteiger partial charge >= 0.3 is 5.97 Å². The predicted octanol–water partition coefficient (Wildman–Crippen LogP) is 2.73. The molecule has 2 aliphatic rings. The number of likely N-dealkylation sites (tertiary alicyclic amines) is 2. The Morgan fingerprint density at radius 3 is 2.61 bits per heavy atom. The Bertz CT molecular complexity index is 1050. The Hall–Kier alpha value is -3.33. The molecule has 2 aromatic rings. The first-order valence-corrected chi connectivity index (χ1v) is 12.5. The highest BCUT2D eigenvalue weighted by Crippen LogP contribution is 2.51. The molecular weight excluding hydrogens is 464 g/mol. The van der Waals surface area contributed by atoms with E-state index in [0.717, 1.165) is 12.0 Å². The molecule has 36 heavy (non-hydrogen) atoms. The Balaban J connectivity index is 1.80. The fourth-order valence-electron chi connectivity index (χ4n) is 5.63. The van der Waals surface area contributed by atoms with Gasteiger partial charge in [-0.15, -0.1) is 0 Å². The second-order valence-corrected chi connectivity index (χ2v) is 9.32. The third-order valence-electron chi connectivity index (χ3n) is 7.21. The van der Waals surface area contributed by atoms with Crippen molar-refractivity contribution in [2.75, 3.05) is 33.4 Å². The first kappa shape index (κ1) is 25.8. The quantitative estimate of drug-likeness (QED) is 0.558. The number of hydrogen-bond acceptors (Lipinski definition) is 7. The second-order valence-electron chi connectivity index (χ2n) is 9.32. The van der Waals surface area contributed by atoms with Crippen LogP contribution in [0.25, 0.3) is 0 Å². The molecule has 1 spiro atoms. The molecule has 1 aromatic heterocycles. The molecular formula is C27H34N2O7. The van der Waals surface area contributed by atoms with Crippen LogP contribution in [0.2, 0.25) is 0 Å². The smallest absolute Gasteiger partial charge is 0.311 e. The van der Waals surface area contributed by atoms with Gasteiger partial charge in [-0.3, -0.25) is 14.4 Å². The van der Waals surface area contributed by atoms with Crippen LogP contribution in [0.3, 0.4) is 0 Å². The molecule has 3 atom stereocenters. The highest BCUT2D eigenvalue weighted by Gasteiger charge is 2.62. The van der Waals surface area contributed by atoms with Crippen molar-refractivity contribution in [2.24, 2.45) is 5.92 Å². The van der Waals surface area contributed by atoms with Crippen molar-refractivity contribution in [1.29, 1.82) is 0 Å². The summed E-state index contributed by atoms with van der Waals surface area (Å²) in [5, 5.41) is 9.61. The molecule has 1 aromatic carbocycles. The minimum absolute atomic E-state index is 0.0474. The largest absolute Gasteiger partial charge is 0.497 e. The summed E-state index contributed by atoms with van der Waals surface area (Å²) in [5.74, 6) is -0.595. The molecule has 0 saturated carbocycles. The number of carbonyl (C=O) groups excluding carboxylic acids is 3. The number of β-amino-alcohol motifs (C(OH)–C–C–N with tert-alkyl or cyclic N) is 1. The van der Waals surface area contributed by atoms with E-state index in [1.165, 1.54) is 6.26 Å². The van der Waals surface area contributed by atoms with Gasteiger partial charge < -0.3 is 28.8 Å². The van der Waals surface area contributed by atoms with E-state index < -0.39 is 23.5 Å². The van der Waals surface area contributed by atoms with Gasteiger partial charge in [-0.1, -0.05) is 12.1 Å². The summed E-state index contributed by atoms with van der Waals surface area (Å²) in [7, 11) is 1.58. The van der Waals surface area contributed by atoms with Crippen LogP contribution in [0.15, 0.2) is 47.1 Å². The predicted molar refractivity (Wildman–Crippen MR) is 130 cm³/mol. The molecule has 2 amide bonds. The van der Waals surface area contributed by atoms with Crippen molar-refractivity contribution < 1.29 is 33.4 Å². The number of furan rings is 1. The highest BCUT2D eigenvalue weighted by atomic mass is 16.5. The fourth-order valence-corrected chi connectivity index (χ4v) is 5.63. The van der Waals surface area contributed by atoms with E-state index in [2.05, 4.69) is 0 Å². The van der Waals surface area contributed by atoms with Crippen molar-refractivity contribution in [2.45, 2.75) is 50.6 Å². The molecule has 2 saturated heterocycles. The lowest BCUT2D eigenvalue weighted by Gasteiger charge is -2.41. The van der Waals surface area contributed by atoms with Gasteiger partial charge in [0, 0.05) is 13.1 Å². The van der Waals surface area contributed by atoms with Crippen molar-refractivity contribution >= 4 is 17.8 Å². The van der Waals surface area contributed by atoms with E-state index in [9.17, 15) is 19.5 Å². The van der Waals surface area contributed by atoms with Crippen molar-refractivity contribution in [1.82, 2.24) is 9.80 Å². The topological polar surface area (TPSA) is 110 Å². The maximum Gasteiger partial charge on any atom is 0.311 e. The van der Waals surface area contributed by atoms with Crippen LogP contribution in [0, 0.1) is 5.92 Å². The number of ether oxygens (including phenoxy) is 2. The number of carbonyl (C=O) groups is 3. The second kappa shape index (κ2) is 11.2. The summed E-state index contributed by atoms with van der Waals surface area (Å²) in [4.78, 5) is 44.6. The summed E-state index contributed by atoms with van der Waals surface area (Å²) in [5.41, 5.74) is -0.466. The van der Waals surface area contributed by atoms with Crippen LogP contribution < -0.4 is 4.74 Å². The molecule has 0 aliphatic carbocycles. The summed E-state index contributed by atoms with van der Waals surface area (Å²) in [6, 6.07) is 9.87. The molecule has 0 radical (unpaired) electrons. The minimum atomic E-state index is -1.23. The number of benzene rings is 1. The average Bonchev–Trinajstić information content (AvgIpc) is 3.49. The van der Waals surface area contributed by atoms with E-state index in [-0.39, 0.29) is 44.4 Å². The number of methoxy groups -OCH3 is 1. The maximum absolute atomic E-state index is 14.1. The molecule has 9 nitrogen and oxygen atoms in total. The van der Waals surface area contributed by atoms with Crippen molar-refractivity contribution in [3.05, 3.63) is 54.0 Å². The number of nitrogens with zero attached hydrogens (tertiary/aromatic N) is 2. The lowest BCUT2D eigenvalue weighted by molar-refractivity contribution is -0.154. The van der Waals surface area contributed by atoms with Gasteiger partial charge in [0.2, 0.25) is 11.8 Å². The molecule has 0 unspecified atom stereocenters. The van der Waals surface area contributed by atoms with E-state index in [4.69, 9.17) is 13.9 Å². The van der Waals surface area contributed by atoms with Crippen LogP contribution in [0.4, 0.5) is 0 Å². The zero-order valence-corrected chi connectivity index (χ0v) is 20.9. The first-order valence-electron chi connectivity index (χ1n) is 12.5. The monoisotopic (exact) mass is 498 g/mol. The first-order chi connectivity index (χ1) is 17.4. The average molecular weight is 499 g/mol. The van der Waals surface area contributed by atoms with Gasteiger partial charge in [-0.25, -0.2) is 0 Å². The summed E-state index contributed by atoms with van der Waals surface area (Å²) >= 11 is 0. The number of aliphatic hydroxyl groups is 1. The highest BCUT2D eigenvalue weighted by molar-refractivity contribution is 5.95. The number of rotatable bonds is 8. The van der Waals surface area contributed by atoms with Crippen LogP contribution in [0.1, 0.15) is 50.0 Å². The van der Waals surface area contributed by atoms with Crippen LogP contribution >= 0.6 is 0 Å². The maximum atomic E-state index is 14.1. The third kappa shape index (κ3) is 4.84. The number of esters is 1. The summed E-state index contributed by atoms with van der Waals surface area (Å²) < 4.78 is 16.4. The van der Waals surface area contributed by atoms with Gasteiger partial charge in [0.25, 0.3) is 0 Å². The Morgan fingerprint density at radius 1 is 1.19 bits per heavy atom. The normalized spacial score (nSPS) is 24.1. The van der Waals surface area contributed by atoms with Gasteiger partial charge in [0.05, 0.1) is 38.9 Å². The molecule has 2 fully saturated rings. The van der Waals surface area contributed by atoms with Gasteiger partial charge in [0.15, 0.2) is 0 Å². The Morgan fingerprint density at radius 2 is 1.97 bits per heavy atom. The number of amides is 2. The minimum Gasteiger partial charge on any atom is -0.497 e. The Kier molecular flexibility index (Phi) is 7.98. The van der Waals surface area contributed by atoms with Crippen LogP contribution in [-0.2, 0) is 25.5 Å². The zero-order chi connectivity index (χ0) is 25.7. The lowest BCUT2D eigenvalue weighted by Crippen LogP contribution is -2.58. The third-order valence-corrected chi connectivity index (χ3v) is 7.21. The molecule has 1 N–H and O–H groups in total. The van der Waals surface area contributed by atoms with E-state index >= 15 is 0 Å². The SMILES string of the molecule is CCOC(=O)[C@H]1C[C@]2(CCCCN(CCO)C2=O)N(C(=O)Cc2ccc(OC)cc2)[C@H]1c1ccco1. The number of aliphatic hydroxyl groups excluding tert-OH is 1. The van der Waals surface area contributed by atoms with Crippen molar-refractivity contribution in [3.63, 3.8) is 0 Å². The summed E-state index contributed by atoms with van der Waals surface area (Å²) in [6.07, 6.45) is 3.58. The van der Waals surface area contributed by atoms with Gasteiger partial charge in [0.1, 0.15) is 23.1 Å². The molecule has 2 aliphatic heterocycles. The molecule has 4 rings (SSSR count).